The predicted molar refractivity (Wildman–Crippen MR) is 115 cm³/mol. The van der Waals surface area contributed by atoms with E-state index in [1.165, 1.54) is 63.4 Å². The van der Waals surface area contributed by atoms with Crippen molar-refractivity contribution in [3.63, 3.8) is 0 Å². The summed E-state index contributed by atoms with van der Waals surface area (Å²) in [5.41, 5.74) is 8.55. The van der Waals surface area contributed by atoms with Gasteiger partial charge in [-0.05, 0) is 43.4 Å². The van der Waals surface area contributed by atoms with Gasteiger partial charge in [-0.2, -0.15) is 0 Å². The predicted octanol–water partition coefficient (Wildman–Crippen LogP) is 5.84. The molecule has 1 amide bonds. The summed E-state index contributed by atoms with van der Waals surface area (Å²) < 4.78 is 0. The van der Waals surface area contributed by atoms with Gasteiger partial charge in [0.15, 0.2) is 0 Å². The van der Waals surface area contributed by atoms with Crippen LogP contribution < -0.4 is 5.73 Å². The lowest BCUT2D eigenvalue weighted by atomic mass is 10.0. The van der Waals surface area contributed by atoms with E-state index in [1.54, 1.807) is 0 Å². The zero-order chi connectivity index (χ0) is 19.5. The first kappa shape index (κ1) is 21.5. The number of carbonyl (C=O) groups is 1. The Hall–Kier alpha value is -1.77. The lowest BCUT2D eigenvalue weighted by Crippen LogP contribution is -2.38. The standard InChI is InChI=1S/C24H38N2O/c1-3-4-5-6-7-8-9-10-11-13-21-15-17-22(18-16-21)24(27)26-19-12-14-23(26)20(2)25/h15-18,23H,2-14,19,25H2,1H3/t23-/m0/s1. The Morgan fingerprint density at radius 2 is 1.63 bits per heavy atom. The number of nitrogens with two attached hydrogens (primary N) is 1. The molecule has 0 aliphatic carbocycles. The second-order valence-electron chi connectivity index (χ2n) is 8.01. The van der Waals surface area contributed by atoms with E-state index < -0.39 is 0 Å². The van der Waals surface area contributed by atoms with Crippen LogP contribution >= 0.6 is 0 Å². The number of aryl methyl sites for hydroxylation is 1. The van der Waals surface area contributed by atoms with Crippen molar-refractivity contribution in [3.05, 3.63) is 47.7 Å². The highest BCUT2D eigenvalue weighted by atomic mass is 16.2. The van der Waals surface area contributed by atoms with Gasteiger partial charge in [0.1, 0.15) is 0 Å². The molecule has 2 rings (SSSR count). The van der Waals surface area contributed by atoms with Crippen molar-refractivity contribution in [2.24, 2.45) is 5.73 Å². The molecule has 1 aliphatic heterocycles. The Kier molecular flexibility index (Phi) is 9.44. The summed E-state index contributed by atoms with van der Waals surface area (Å²) >= 11 is 0. The average Bonchev–Trinajstić information content (AvgIpc) is 3.17. The van der Waals surface area contributed by atoms with Crippen molar-refractivity contribution in [2.45, 2.75) is 90.0 Å². The zero-order valence-electron chi connectivity index (χ0n) is 17.2. The molecule has 1 heterocycles. The Balaban J connectivity index is 1.68. The first-order valence-electron chi connectivity index (χ1n) is 11.0. The number of unbranched alkanes of at least 4 members (excludes halogenated alkanes) is 8. The highest BCUT2D eigenvalue weighted by Crippen LogP contribution is 2.23. The summed E-state index contributed by atoms with van der Waals surface area (Å²) in [6.07, 6.45) is 15.2. The van der Waals surface area contributed by atoms with Gasteiger partial charge in [0, 0.05) is 17.8 Å². The Bertz CT molecular complexity index is 579. The van der Waals surface area contributed by atoms with E-state index in [0.717, 1.165) is 31.4 Å². The molecule has 1 saturated heterocycles. The molecule has 1 aromatic rings. The maximum atomic E-state index is 12.7. The molecule has 1 atom stereocenters. The molecule has 27 heavy (non-hydrogen) atoms. The van der Waals surface area contributed by atoms with E-state index >= 15 is 0 Å². The Morgan fingerprint density at radius 3 is 2.22 bits per heavy atom. The van der Waals surface area contributed by atoms with Crippen molar-refractivity contribution in [3.8, 4) is 0 Å². The van der Waals surface area contributed by atoms with E-state index in [1.807, 2.05) is 17.0 Å². The second-order valence-corrected chi connectivity index (χ2v) is 8.01. The first-order valence-corrected chi connectivity index (χ1v) is 11.0. The quantitative estimate of drug-likeness (QED) is 0.470. The minimum Gasteiger partial charge on any atom is -0.401 e. The number of benzene rings is 1. The highest BCUT2D eigenvalue weighted by molar-refractivity contribution is 5.94. The van der Waals surface area contributed by atoms with Crippen LogP contribution in [-0.4, -0.2) is 23.4 Å². The van der Waals surface area contributed by atoms with E-state index in [9.17, 15) is 4.79 Å². The van der Waals surface area contributed by atoms with Crippen molar-refractivity contribution in [1.82, 2.24) is 4.90 Å². The van der Waals surface area contributed by atoms with Crippen LogP contribution in [0.3, 0.4) is 0 Å². The fourth-order valence-electron chi connectivity index (χ4n) is 4.01. The smallest absolute Gasteiger partial charge is 0.254 e. The number of carbonyl (C=O) groups excluding carboxylic acids is 1. The summed E-state index contributed by atoms with van der Waals surface area (Å²) in [6.45, 7) is 6.88. The van der Waals surface area contributed by atoms with Crippen molar-refractivity contribution < 1.29 is 4.79 Å². The van der Waals surface area contributed by atoms with Crippen LogP contribution in [0.1, 0.15) is 93.5 Å². The second kappa shape index (κ2) is 11.8. The van der Waals surface area contributed by atoms with E-state index in [0.29, 0.717) is 5.70 Å². The molecule has 0 radical (unpaired) electrons. The minimum absolute atomic E-state index is 0.000788. The third-order valence-corrected chi connectivity index (χ3v) is 5.71. The summed E-state index contributed by atoms with van der Waals surface area (Å²) in [4.78, 5) is 14.6. The van der Waals surface area contributed by atoms with Gasteiger partial charge in [-0.25, -0.2) is 0 Å². The third-order valence-electron chi connectivity index (χ3n) is 5.71. The number of hydrogen-bond acceptors (Lipinski definition) is 2. The van der Waals surface area contributed by atoms with Crippen LogP contribution in [0, 0.1) is 0 Å². The molecule has 3 heteroatoms. The van der Waals surface area contributed by atoms with Gasteiger partial charge < -0.3 is 10.6 Å². The summed E-state index contributed by atoms with van der Waals surface area (Å²) in [5.74, 6) is 0.0822. The van der Waals surface area contributed by atoms with Gasteiger partial charge >= 0.3 is 0 Å². The van der Waals surface area contributed by atoms with Crippen LogP contribution in [0.2, 0.25) is 0 Å². The molecule has 1 aromatic carbocycles. The number of rotatable bonds is 12. The fraction of sp³-hybridized carbons (Fsp3) is 0.625. The number of amides is 1. The van der Waals surface area contributed by atoms with Gasteiger partial charge in [0.25, 0.3) is 5.91 Å². The number of likely N-dealkylation sites (tertiary alicyclic amines) is 1. The molecule has 1 aliphatic rings. The number of hydrogen-bond donors (Lipinski definition) is 1. The number of nitrogens with zero attached hydrogens (tertiary/aromatic N) is 1. The molecular weight excluding hydrogens is 332 g/mol. The molecule has 1 fully saturated rings. The van der Waals surface area contributed by atoms with Crippen molar-refractivity contribution in [1.29, 1.82) is 0 Å². The molecular formula is C24H38N2O. The average molecular weight is 371 g/mol. The van der Waals surface area contributed by atoms with Gasteiger partial charge in [0.2, 0.25) is 0 Å². The van der Waals surface area contributed by atoms with Crippen LogP contribution in [0.4, 0.5) is 0 Å². The highest BCUT2D eigenvalue weighted by Gasteiger charge is 2.30. The molecule has 2 N–H and O–H groups in total. The normalized spacial score (nSPS) is 16.6. The third kappa shape index (κ3) is 7.04. The van der Waals surface area contributed by atoms with Gasteiger partial charge in [0.05, 0.1) is 6.04 Å². The van der Waals surface area contributed by atoms with E-state index in [4.69, 9.17) is 5.73 Å². The molecule has 0 aromatic heterocycles. The van der Waals surface area contributed by atoms with Crippen LogP contribution in [0.5, 0.6) is 0 Å². The summed E-state index contributed by atoms with van der Waals surface area (Å²) in [6, 6.07) is 8.17. The largest absolute Gasteiger partial charge is 0.401 e. The van der Waals surface area contributed by atoms with Gasteiger partial charge in [-0.1, -0.05) is 77.0 Å². The molecule has 0 unspecified atom stereocenters. The SMILES string of the molecule is C=C(N)[C@@H]1CCCN1C(=O)c1ccc(CCCCCCCCCCC)cc1. The minimum atomic E-state index is -0.000788. The monoisotopic (exact) mass is 370 g/mol. The fourth-order valence-corrected chi connectivity index (χ4v) is 4.01. The first-order chi connectivity index (χ1) is 13.1. The Morgan fingerprint density at radius 1 is 1.04 bits per heavy atom. The van der Waals surface area contributed by atoms with Crippen molar-refractivity contribution in [2.75, 3.05) is 6.54 Å². The molecule has 150 valence electrons. The van der Waals surface area contributed by atoms with Crippen LogP contribution in [0.25, 0.3) is 0 Å². The maximum Gasteiger partial charge on any atom is 0.254 e. The summed E-state index contributed by atoms with van der Waals surface area (Å²) in [5, 5.41) is 0. The molecule has 0 bridgehead atoms. The zero-order valence-corrected chi connectivity index (χ0v) is 17.2. The molecule has 0 spiro atoms. The lowest BCUT2D eigenvalue weighted by Gasteiger charge is -2.24. The van der Waals surface area contributed by atoms with Gasteiger partial charge in [-0.15, -0.1) is 0 Å². The molecule has 3 nitrogen and oxygen atoms in total. The lowest BCUT2D eigenvalue weighted by molar-refractivity contribution is 0.0755. The maximum absolute atomic E-state index is 12.7. The van der Waals surface area contributed by atoms with Crippen LogP contribution in [0.15, 0.2) is 36.5 Å². The Labute approximate surface area is 166 Å². The van der Waals surface area contributed by atoms with Crippen molar-refractivity contribution >= 4 is 5.91 Å². The van der Waals surface area contributed by atoms with Gasteiger partial charge in [-0.3, -0.25) is 4.79 Å². The topological polar surface area (TPSA) is 46.3 Å². The van der Waals surface area contributed by atoms with E-state index in [-0.39, 0.29) is 11.9 Å². The van der Waals surface area contributed by atoms with Crippen LogP contribution in [-0.2, 0) is 6.42 Å². The van der Waals surface area contributed by atoms with E-state index in [2.05, 4.69) is 25.6 Å². The summed E-state index contributed by atoms with van der Waals surface area (Å²) in [7, 11) is 0. The molecule has 0 saturated carbocycles.